The molecular weight excluding hydrogens is 324 g/mol. The number of thioether (sulfide) groups is 1. The van der Waals surface area contributed by atoms with Gasteiger partial charge in [0, 0.05) is 6.07 Å². The van der Waals surface area contributed by atoms with E-state index >= 15 is 0 Å². The molecule has 7 heteroatoms. The molecule has 0 unspecified atom stereocenters. The molecule has 0 amide bonds. The summed E-state index contributed by atoms with van der Waals surface area (Å²) >= 11 is 6.22. The van der Waals surface area contributed by atoms with E-state index in [0.717, 1.165) is 8.66 Å². The van der Waals surface area contributed by atoms with Gasteiger partial charge in [-0.2, -0.15) is 0 Å². The second kappa shape index (κ2) is 5.16. The van der Waals surface area contributed by atoms with Crippen molar-refractivity contribution in [3.63, 3.8) is 0 Å². The van der Waals surface area contributed by atoms with Gasteiger partial charge in [0.25, 0.3) is 0 Å². The standard InChI is InChI=1S/C10H7BrN2O2S2/c1-16-8-4-5(10(14)15)12-9(13-8)6-2-3-7(11)17-6/h2-4H,1H3,(H,14,15). The Morgan fingerprint density at radius 2 is 2.24 bits per heavy atom. The van der Waals surface area contributed by atoms with Gasteiger partial charge in [-0.25, -0.2) is 14.8 Å². The predicted molar refractivity (Wildman–Crippen MR) is 71.8 cm³/mol. The van der Waals surface area contributed by atoms with Crippen LogP contribution in [0, 0.1) is 0 Å². The maximum absolute atomic E-state index is 11.0. The summed E-state index contributed by atoms with van der Waals surface area (Å²) in [6.45, 7) is 0. The first-order valence-corrected chi connectivity index (χ1v) is 7.35. The third-order valence-electron chi connectivity index (χ3n) is 1.92. The van der Waals surface area contributed by atoms with E-state index in [0.29, 0.717) is 10.9 Å². The van der Waals surface area contributed by atoms with Gasteiger partial charge in [0.2, 0.25) is 0 Å². The highest BCUT2D eigenvalue weighted by molar-refractivity contribution is 9.11. The molecule has 88 valence electrons. The first kappa shape index (κ1) is 12.5. The van der Waals surface area contributed by atoms with Crippen LogP contribution in [0.1, 0.15) is 10.5 Å². The van der Waals surface area contributed by atoms with Gasteiger partial charge in [0.05, 0.1) is 8.66 Å². The second-order valence-electron chi connectivity index (χ2n) is 3.03. The fourth-order valence-corrected chi connectivity index (χ4v) is 2.91. The lowest BCUT2D eigenvalue weighted by Crippen LogP contribution is -2.03. The molecule has 0 saturated carbocycles. The summed E-state index contributed by atoms with van der Waals surface area (Å²) in [5.74, 6) is -0.593. The van der Waals surface area contributed by atoms with Crippen LogP contribution in [0.15, 0.2) is 27.0 Å². The molecule has 0 aromatic carbocycles. The molecule has 2 rings (SSSR count). The summed E-state index contributed by atoms with van der Waals surface area (Å²) in [7, 11) is 0. The zero-order valence-corrected chi connectivity index (χ0v) is 11.9. The highest BCUT2D eigenvalue weighted by Crippen LogP contribution is 2.30. The molecule has 0 aliphatic heterocycles. The summed E-state index contributed by atoms with van der Waals surface area (Å²) in [5, 5.41) is 9.63. The monoisotopic (exact) mass is 330 g/mol. The summed E-state index contributed by atoms with van der Waals surface area (Å²) in [6.07, 6.45) is 1.85. The van der Waals surface area contributed by atoms with Crippen molar-refractivity contribution in [3.8, 4) is 10.7 Å². The average Bonchev–Trinajstić information content (AvgIpc) is 2.75. The van der Waals surface area contributed by atoms with E-state index in [4.69, 9.17) is 5.11 Å². The Bertz CT molecular complexity index is 571. The summed E-state index contributed by atoms with van der Waals surface area (Å²) in [6, 6.07) is 5.22. The number of carboxylic acids is 1. The van der Waals surface area contributed by atoms with Gasteiger partial charge in [-0.1, -0.05) is 0 Å². The quantitative estimate of drug-likeness (QED) is 0.690. The summed E-state index contributed by atoms with van der Waals surface area (Å²) in [5.41, 5.74) is 0.0175. The highest BCUT2D eigenvalue weighted by atomic mass is 79.9. The van der Waals surface area contributed by atoms with Crippen LogP contribution in [-0.4, -0.2) is 27.3 Å². The van der Waals surface area contributed by atoms with Crippen LogP contribution in [0.4, 0.5) is 0 Å². The van der Waals surface area contributed by atoms with Crippen LogP contribution in [0.3, 0.4) is 0 Å². The zero-order chi connectivity index (χ0) is 12.4. The van der Waals surface area contributed by atoms with Crippen LogP contribution < -0.4 is 0 Å². The van der Waals surface area contributed by atoms with Crippen molar-refractivity contribution < 1.29 is 9.90 Å². The van der Waals surface area contributed by atoms with Crippen molar-refractivity contribution >= 4 is 45.0 Å². The number of hydrogen-bond donors (Lipinski definition) is 1. The maximum atomic E-state index is 11.0. The minimum Gasteiger partial charge on any atom is -0.477 e. The summed E-state index contributed by atoms with van der Waals surface area (Å²) in [4.78, 5) is 20.1. The van der Waals surface area contributed by atoms with E-state index in [1.165, 1.54) is 29.2 Å². The molecule has 4 nitrogen and oxygen atoms in total. The first-order chi connectivity index (χ1) is 8.10. The second-order valence-corrected chi connectivity index (χ2v) is 6.32. The van der Waals surface area contributed by atoms with E-state index in [-0.39, 0.29) is 5.69 Å². The van der Waals surface area contributed by atoms with Gasteiger partial charge in [0.1, 0.15) is 5.03 Å². The molecule has 0 atom stereocenters. The van der Waals surface area contributed by atoms with Crippen LogP contribution in [-0.2, 0) is 0 Å². The van der Waals surface area contributed by atoms with Crippen LogP contribution in [0.5, 0.6) is 0 Å². The number of rotatable bonds is 3. The highest BCUT2D eigenvalue weighted by Gasteiger charge is 2.12. The van der Waals surface area contributed by atoms with Gasteiger partial charge in [0.15, 0.2) is 11.5 Å². The summed E-state index contributed by atoms with van der Waals surface area (Å²) < 4.78 is 0.961. The van der Waals surface area contributed by atoms with Gasteiger partial charge in [-0.3, -0.25) is 0 Å². The Morgan fingerprint density at radius 3 is 2.76 bits per heavy atom. The lowest BCUT2D eigenvalue weighted by atomic mass is 10.4. The lowest BCUT2D eigenvalue weighted by molar-refractivity contribution is 0.0690. The fourth-order valence-electron chi connectivity index (χ4n) is 1.18. The minimum absolute atomic E-state index is 0.0175. The molecular formula is C10H7BrN2O2S2. The Hall–Kier alpha value is -0.920. The Labute approximate surface area is 114 Å². The Kier molecular flexibility index (Phi) is 3.80. The first-order valence-electron chi connectivity index (χ1n) is 4.52. The average molecular weight is 331 g/mol. The molecule has 1 N–H and O–H groups in total. The number of aromatic carboxylic acids is 1. The largest absolute Gasteiger partial charge is 0.477 e. The molecule has 0 radical (unpaired) electrons. The van der Waals surface area contributed by atoms with Crippen LogP contribution in [0.2, 0.25) is 0 Å². The number of halogens is 1. The van der Waals surface area contributed by atoms with Crippen molar-refractivity contribution in [1.29, 1.82) is 0 Å². The molecule has 17 heavy (non-hydrogen) atoms. The van der Waals surface area contributed by atoms with Gasteiger partial charge in [-0.05, 0) is 34.3 Å². The fraction of sp³-hybridized carbons (Fsp3) is 0.100. The number of hydrogen-bond acceptors (Lipinski definition) is 5. The molecule has 0 saturated heterocycles. The number of carboxylic acid groups (broad SMARTS) is 1. The minimum atomic E-state index is -1.04. The number of aromatic nitrogens is 2. The number of nitrogens with zero attached hydrogens (tertiary/aromatic N) is 2. The third kappa shape index (κ3) is 2.85. The number of carbonyl (C=O) groups is 1. The van der Waals surface area contributed by atoms with Crippen molar-refractivity contribution in [2.24, 2.45) is 0 Å². The Morgan fingerprint density at radius 1 is 1.47 bits per heavy atom. The zero-order valence-electron chi connectivity index (χ0n) is 8.68. The number of thiophene rings is 1. The van der Waals surface area contributed by atoms with E-state index in [2.05, 4.69) is 25.9 Å². The SMILES string of the molecule is CSc1cc(C(=O)O)nc(-c2ccc(Br)s2)n1. The van der Waals surface area contributed by atoms with Gasteiger partial charge < -0.3 is 5.11 Å². The smallest absolute Gasteiger partial charge is 0.354 e. The predicted octanol–water partition coefficient (Wildman–Crippen LogP) is 3.39. The molecule has 0 fully saturated rings. The molecule has 0 aliphatic carbocycles. The third-order valence-corrected chi connectivity index (χ3v) is 4.17. The molecule has 0 aliphatic rings. The van der Waals surface area contributed by atoms with Crippen molar-refractivity contribution in [1.82, 2.24) is 9.97 Å². The molecule has 0 bridgehead atoms. The molecule has 2 aromatic rings. The van der Waals surface area contributed by atoms with E-state index in [9.17, 15) is 4.79 Å². The van der Waals surface area contributed by atoms with Crippen LogP contribution >= 0.6 is 39.0 Å². The van der Waals surface area contributed by atoms with Crippen molar-refractivity contribution in [3.05, 3.63) is 27.7 Å². The van der Waals surface area contributed by atoms with E-state index < -0.39 is 5.97 Å². The lowest BCUT2D eigenvalue weighted by Gasteiger charge is -2.02. The Balaban J connectivity index is 2.53. The normalized spacial score (nSPS) is 10.5. The van der Waals surface area contributed by atoms with Crippen LogP contribution in [0.25, 0.3) is 10.7 Å². The topological polar surface area (TPSA) is 63.1 Å². The maximum Gasteiger partial charge on any atom is 0.354 e. The molecule has 2 aromatic heterocycles. The molecule has 2 heterocycles. The van der Waals surface area contributed by atoms with Crippen molar-refractivity contribution in [2.45, 2.75) is 5.03 Å². The van der Waals surface area contributed by atoms with Gasteiger partial charge in [-0.15, -0.1) is 23.1 Å². The van der Waals surface area contributed by atoms with E-state index in [1.807, 2.05) is 18.4 Å². The molecule has 0 spiro atoms. The van der Waals surface area contributed by atoms with E-state index in [1.54, 1.807) is 0 Å². The van der Waals surface area contributed by atoms with Gasteiger partial charge >= 0.3 is 5.97 Å². The van der Waals surface area contributed by atoms with Crippen molar-refractivity contribution in [2.75, 3.05) is 6.26 Å².